The first-order valence-electron chi connectivity index (χ1n) is 4.10. The summed E-state index contributed by atoms with van der Waals surface area (Å²) in [5.41, 5.74) is 5.94. The zero-order valence-corrected chi connectivity index (χ0v) is 8.10. The van der Waals surface area contributed by atoms with Crippen LogP contribution in [0.25, 0.3) is 0 Å². The molecule has 1 aromatic heterocycles. The number of carbonyl (C=O) groups is 1. The number of aryl methyl sites for hydroxylation is 1. The summed E-state index contributed by atoms with van der Waals surface area (Å²) in [7, 11) is 2.90. The van der Waals surface area contributed by atoms with Crippen molar-refractivity contribution in [1.82, 2.24) is 9.78 Å². The quantitative estimate of drug-likeness (QED) is 0.622. The highest BCUT2D eigenvalue weighted by Crippen LogP contribution is 2.12. The fourth-order valence-electron chi connectivity index (χ4n) is 1.12. The molecule has 0 aromatic carbocycles. The van der Waals surface area contributed by atoms with Crippen LogP contribution in [0.1, 0.15) is 22.3 Å². The van der Waals surface area contributed by atoms with Crippen molar-refractivity contribution < 1.29 is 14.6 Å². The average molecular weight is 199 g/mol. The number of ether oxygens (including phenoxy) is 1. The van der Waals surface area contributed by atoms with Gasteiger partial charge < -0.3 is 15.6 Å². The van der Waals surface area contributed by atoms with Crippen LogP contribution in [-0.4, -0.2) is 34.5 Å². The number of aliphatic hydroxyl groups is 1. The van der Waals surface area contributed by atoms with Crippen LogP contribution in [0.3, 0.4) is 0 Å². The molecular formula is C8H13N3O3. The third-order valence-electron chi connectivity index (χ3n) is 1.88. The predicted octanol–water partition coefficient (Wildman–Crippen LogP) is -0.801. The van der Waals surface area contributed by atoms with E-state index in [1.54, 1.807) is 7.05 Å². The number of nitrogens with zero attached hydrogens (tertiary/aromatic N) is 2. The lowest BCUT2D eigenvalue weighted by atomic mass is 10.2. The number of hydrogen-bond donors (Lipinski definition) is 2. The van der Waals surface area contributed by atoms with E-state index in [4.69, 9.17) is 5.73 Å². The Labute approximate surface area is 81.3 Å². The van der Waals surface area contributed by atoms with Gasteiger partial charge in [-0.2, -0.15) is 5.10 Å². The predicted molar refractivity (Wildman–Crippen MR) is 48.6 cm³/mol. The van der Waals surface area contributed by atoms with E-state index < -0.39 is 12.1 Å². The number of methoxy groups -OCH3 is 1. The van der Waals surface area contributed by atoms with Crippen molar-refractivity contribution in [1.29, 1.82) is 0 Å². The molecule has 0 radical (unpaired) electrons. The summed E-state index contributed by atoms with van der Waals surface area (Å²) < 4.78 is 5.90. The minimum absolute atomic E-state index is 0.0835. The van der Waals surface area contributed by atoms with E-state index in [-0.39, 0.29) is 12.2 Å². The third-order valence-corrected chi connectivity index (χ3v) is 1.88. The first kappa shape index (κ1) is 10.7. The lowest BCUT2D eigenvalue weighted by molar-refractivity contribution is 0.0593. The van der Waals surface area contributed by atoms with Crippen LogP contribution >= 0.6 is 0 Å². The van der Waals surface area contributed by atoms with Gasteiger partial charge in [0.25, 0.3) is 0 Å². The molecule has 3 N–H and O–H groups in total. The minimum Gasteiger partial charge on any atom is -0.464 e. The molecule has 1 atom stereocenters. The average Bonchev–Trinajstić information content (AvgIpc) is 2.58. The number of carbonyl (C=O) groups excluding carboxylic acids is 1. The molecule has 0 aliphatic heterocycles. The summed E-state index contributed by atoms with van der Waals surface area (Å²) in [6.45, 7) is 0.0835. The first-order chi connectivity index (χ1) is 6.60. The maximum Gasteiger partial charge on any atom is 0.358 e. The highest BCUT2D eigenvalue weighted by Gasteiger charge is 2.16. The summed E-state index contributed by atoms with van der Waals surface area (Å²) in [4.78, 5) is 11.1. The number of nitrogens with two attached hydrogens (primary N) is 1. The van der Waals surface area contributed by atoms with Gasteiger partial charge in [-0.1, -0.05) is 0 Å². The van der Waals surface area contributed by atoms with Crippen LogP contribution in [0.4, 0.5) is 0 Å². The SMILES string of the molecule is COC(=O)c1cc(C(O)CN)n(C)n1. The molecule has 0 fully saturated rings. The van der Waals surface area contributed by atoms with E-state index in [9.17, 15) is 9.90 Å². The maximum atomic E-state index is 11.1. The topological polar surface area (TPSA) is 90.4 Å². The van der Waals surface area contributed by atoms with Crippen LogP contribution < -0.4 is 5.73 Å². The lowest BCUT2D eigenvalue weighted by Crippen LogP contribution is -2.14. The Morgan fingerprint density at radius 2 is 2.50 bits per heavy atom. The van der Waals surface area contributed by atoms with Gasteiger partial charge in [0.05, 0.1) is 12.8 Å². The lowest BCUT2D eigenvalue weighted by Gasteiger charge is -2.06. The molecule has 0 bridgehead atoms. The third kappa shape index (κ3) is 1.91. The normalized spacial score (nSPS) is 12.6. The van der Waals surface area contributed by atoms with Crippen LogP contribution in [0.5, 0.6) is 0 Å². The summed E-state index contributed by atoms with van der Waals surface area (Å²) in [6.07, 6.45) is -0.814. The summed E-state index contributed by atoms with van der Waals surface area (Å²) in [6, 6.07) is 1.46. The van der Waals surface area contributed by atoms with Crippen molar-refractivity contribution in [3.05, 3.63) is 17.5 Å². The Kier molecular flexibility index (Phi) is 3.21. The Hall–Kier alpha value is -1.40. The number of hydrogen-bond acceptors (Lipinski definition) is 5. The molecule has 1 unspecified atom stereocenters. The maximum absolute atomic E-state index is 11.1. The molecule has 0 saturated carbocycles. The second-order valence-corrected chi connectivity index (χ2v) is 2.82. The Morgan fingerprint density at radius 1 is 1.86 bits per heavy atom. The summed E-state index contributed by atoms with van der Waals surface area (Å²) in [5, 5.41) is 13.3. The van der Waals surface area contributed by atoms with Crippen molar-refractivity contribution in [3.8, 4) is 0 Å². The van der Waals surface area contributed by atoms with Crippen LogP contribution in [0.2, 0.25) is 0 Å². The molecule has 1 aromatic rings. The molecule has 14 heavy (non-hydrogen) atoms. The monoisotopic (exact) mass is 199 g/mol. The molecule has 1 rings (SSSR count). The number of aromatic nitrogens is 2. The zero-order chi connectivity index (χ0) is 10.7. The highest BCUT2D eigenvalue weighted by molar-refractivity contribution is 5.87. The molecule has 0 spiro atoms. The second-order valence-electron chi connectivity index (χ2n) is 2.82. The molecule has 0 aliphatic rings. The van der Waals surface area contributed by atoms with Gasteiger partial charge in [-0.3, -0.25) is 4.68 Å². The minimum atomic E-state index is -0.814. The molecule has 78 valence electrons. The van der Waals surface area contributed by atoms with Gasteiger partial charge in [0.15, 0.2) is 5.69 Å². The fraction of sp³-hybridized carbons (Fsp3) is 0.500. The molecule has 6 nitrogen and oxygen atoms in total. The van der Waals surface area contributed by atoms with E-state index in [0.717, 1.165) is 0 Å². The van der Waals surface area contributed by atoms with Crippen LogP contribution in [0, 0.1) is 0 Å². The van der Waals surface area contributed by atoms with E-state index >= 15 is 0 Å². The van der Waals surface area contributed by atoms with Crippen molar-refractivity contribution in [2.24, 2.45) is 12.8 Å². The molecule has 0 amide bonds. The second kappa shape index (κ2) is 4.21. The number of aliphatic hydroxyl groups excluding tert-OH is 1. The van der Waals surface area contributed by atoms with Gasteiger partial charge in [-0.15, -0.1) is 0 Å². The van der Waals surface area contributed by atoms with Crippen LogP contribution in [0.15, 0.2) is 6.07 Å². The van der Waals surface area contributed by atoms with Crippen molar-refractivity contribution in [2.45, 2.75) is 6.10 Å². The molecule has 6 heteroatoms. The summed E-state index contributed by atoms with van der Waals surface area (Å²) >= 11 is 0. The largest absolute Gasteiger partial charge is 0.464 e. The van der Waals surface area contributed by atoms with E-state index in [2.05, 4.69) is 9.84 Å². The van der Waals surface area contributed by atoms with Gasteiger partial charge >= 0.3 is 5.97 Å². The van der Waals surface area contributed by atoms with E-state index in [0.29, 0.717) is 5.69 Å². The van der Waals surface area contributed by atoms with Gasteiger partial charge in [-0.05, 0) is 6.07 Å². The number of esters is 1. The van der Waals surface area contributed by atoms with Gasteiger partial charge in [0, 0.05) is 13.6 Å². The van der Waals surface area contributed by atoms with Crippen LogP contribution in [-0.2, 0) is 11.8 Å². The Balaban J connectivity index is 2.98. The summed E-state index contributed by atoms with van der Waals surface area (Å²) in [5.74, 6) is -0.531. The Morgan fingerprint density at radius 3 is 3.00 bits per heavy atom. The zero-order valence-electron chi connectivity index (χ0n) is 8.10. The van der Waals surface area contributed by atoms with E-state index in [1.807, 2.05) is 0 Å². The molecular weight excluding hydrogens is 186 g/mol. The van der Waals surface area contributed by atoms with Gasteiger partial charge in [0.1, 0.15) is 6.10 Å². The molecule has 0 aliphatic carbocycles. The van der Waals surface area contributed by atoms with E-state index in [1.165, 1.54) is 17.9 Å². The van der Waals surface area contributed by atoms with Gasteiger partial charge in [0.2, 0.25) is 0 Å². The van der Waals surface area contributed by atoms with Crippen molar-refractivity contribution in [2.75, 3.05) is 13.7 Å². The van der Waals surface area contributed by atoms with Crippen molar-refractivity contribution in [3.63, 3.8) is 0 Å². The highest BCUT2D eigenvalue weighted by atomic mass is 16.5. The molecule has 1 heterocycles. The van der Waals surface area contributed by atoms with Gasteiger partial charge in [-0.25, -0.2) is 4.79 Å². The van der Waals surface area contributed by atoms with Crippen molar-refractivity contribution >= 4 is 5.97 Å². The first-order valence-corrected chi connectivity index (χ1v) is 4.10. The fourth-order valence-corrected chi connectivity index (χ4v) is 1.12. The smallest absolute Gasteiger partial charge is 0.358 e. The molecule has 0 saturated heterocycles. The Bertz CT molecular complexity index is 335. The standard InChI is InChI=1S/C8H13N3O3/c1-11-6(7(12)4-9)3-5(10-11)8(13)14-2/h3,7,12H,4,9H2,1-2H3. The number of rotatable bonds is 3.